The highest BCUT2D eigenvalue weighted by Crippen LogP contribution is 2.49. The van der Waals surface area contributed by atoms with E-state index in [1.54, 1.807) is 10.8 Å². The molecule has 2 rings (SSSR count). The van der Waals surface area contributed by atoms with E-state index >= 15 is 0 Å². The Bertz CT molecular complexity index is 384. The third kappa shape index (κ3) is 1.19. The van der Waals surface area contributed by atoms with Crippen molar-refractivity contribution in [1.29, 1.82) is 0 Å². The maximum Gasteiger partial charge on any atom is 0.235 e. The molecule has 1 aromatic rings. The second-order valence-corrected chi connectivity index (χ2v) is 3.57. The van der Waals surface area contributed by atoms with Gasteiger partial charge in [0.15, 0.2) is 0 Å². The molecule has 0 atom stereocenters. The summed E-state index contributed by atoms with van der Waals surface area (Å²) in [4.78, 5) is 14.1. The molecule has 68 valence electrons. The minimum Gasteiger partial charge on any atom is -0.275 e. The largest absolute Gasteiger partial charge is 0.275 e. The molecule has 0 aromatic carbocycles. The Hall–Kier alpha value is -1.41. The van der Waals surface area contributed by atoms with Crippen LogP contribution in [0.3, 0.4) is 0 Å². The topological polar surface area (TPSA) is 47.2 Å². The summed E-state index contributed by atoms with van der Waals surface area (Å²) in [7, 11) is 1.87. The van der Waals surface area contributed by atoms with Gasteiger partial charge in [-0.1, -0.05) is 0 Å². The predicted octanol–water partition coefficient (Wildman–Crippen LogP) is 1.05. The number of rotatable bonds is 2. The van der Waals surface area contributed by atoms with Crippen LogP contribution in [-0.4, -0.2) is 15.9 Å². The van der Waals surface area contributed by atoms with Crippen molar-refractivity contribution in [3.63, 3.8) is 0 Å². The van der Waals surface area contributed by atoms with Gasteiger partial charge in [0.1, 0.15) is 5.54 Å². The first-order valence-electron chi connectivity index (χ1n) is 4.28. The Morgan fingerprint density at radius 3 is 2.77 bits per heavy atom. The van der Waals surface area contributed by atoms with Crippen molar-refractivity contribution >= 4 is 6.08 Å². The molecule has 1 heterocycles. The summed E-state index contributed by atoms with van der Waals surface area (Å²) in [6.07, 6.45) is 5.40. The SMILES string of the molecule is Cc1cn(C)nc1C1(N=C=O)CC1. The van der Waals surface area contributed by atoms with Crippen molar-refractivity contribution in [2.45, 2.75) is 25.3 Å². The molecule has 0 radical (unpaired) electrons. The molecule has 0 saturated heterocycles. The van der Waals surface area contributed by atoms with E-state index in [9.17, 15) is 4.79 Å². The maximum absolute atomic E-state index is 10.2. The van der Waals surface area contributed by atoms with E-state index in [0.717, 1.165) is 24.1 Å². The highest BCUT2D eigenvalue weighted by molar-refractivity contribution is 5.40. The van der Waals surface area contributed by atoms with Gasteiger partial charge in [-0.15, -0.1) is 0 Å². The standard InChI is InChI=1S/C9H11N3O/c1-7-5-12(2)11-8(7)9(3-4-9)10-6-13/h5H,3-4H2,1-2H3. The van der Waals surface area contributed by atoms with Crippen LogP contribution in [0.25, 0.3) is 0 Å². The van der Waals surface area contributed by atoms with Gasteiger partial charge < -0.3 is 0 Å². The number of isocyanates is 1. The van der Waals surface area contributed by atoms with Crippen LogP contribution in [0.1, 0.15) is 24.1 Å². The fraction of sp³-hybridized carbons (Fsp3) is 0.556. The van der Waals surface area contributed by atoms with Crippen LogP contribution in [-0.2, 0) is 17.4 Å². The van der Waals surface area contributed by atoms with Crippen molar-refractivity contribution in [2.75, 3.05) is 0 Å². The highest BCUT2D eigenvalue weighted by Gasteiger charge is 2.47. The molecule has 1 aliphatic carbocycles. The van der Waals surface area contributed by atoms with Crippen LogP contribution in [0.4, 0.5) is 0 Å². The molecule has 0 N–H and O–H groups in total. The molecule has 0 unspecified atom stereocenters. The Morgan fingerprint density at radius 1 is 1.69 bits per heavy atom. The van der Waals surface area contributed by atoms with Crippen LogP contribution >= 0.6 is 0 Å². The Labute approximate surface area is 76.3 Å². The van der Waals surface area contributed by atoms with E-state index in [0.29, 0.717) is 0 Å². The lowest BCUT2D eigenvalue weighted by Crippen LogP contribution is -2.05. The summed E-state index contributed by atoms with van der Waals surface area (Å²) in [5.74, 6) is 0. The fourth-order valence-corrected chi connectivity index (χ4v) is 1.67. The molecule has 0 aliphatic heterocycles. The first-order valence-corrected chi connectivity index (χ1v) is 4.28. The zero-order chi connectivity index (χ0) is 9.47. The quantitative estimate of drug-likeness (QED) is 0.500. The number of aromatic nitrogens is 2. The third-order valence-electron chi connectivity index (χ3n) is 2.44. The average Bonchev–Trinajstić information content (AvgIpc) is 2.74. The third-order valence-corrected chi connectivity index (χ3v) is 2.44. The molecule has 1 fully saturated rings. The number of carbonyl (C=O) groups excluding carboxylic acids is 1. The van der Waals surface area contributed by atoms with Crippen molar-refractivity contribution in [3.8, 4) is 0 Å². The smallest absolute Gasteiger partial charge is 0.235 e. The minimum atomic E-state index is -0.326. The van der Waals surface area contributed by atoms with Crippen LogP contribution < -0.4 is 0 Å². The summed E-state index contributed by atoms with van der Waals surface area (Å²) in [6.45, 7) is 1.99. The number of aliphatic imine (C=N–C) groups is 1. The van der Waals surface area contributed by atoms with Gasteiger partial charge in [-0.25, -0.2) is 4.79 Å². The molecular formula is C9H11N3O. The lowest BCUT2D eigenvalue weighted by atomic mass is 10.1. The zero-order valence-electron chi connectivity index (χ0n) is 7.74. The van der Waals surface area contributed by atoms with Gasteiger partial charge in [0, 0.05) is 13.2 Å². The lowest BCUT2D eigenvalue weighted by molar-refractivity contribution is 0.553. The Balaban J connectivity index is 2.45. The van der Waals surface area contributed by atoms with Crippen molar-refractivity contribution < 1.29 is 4.79 Å². The van der Waals surface area contributed by atoms with Crippen LogP contribution in [0.15, 0.2) is 11.2 Å². The summed E-state index contributed by atoms with van der Waals surface area (Å²) >= 11 is 0. The lowest BCUT2D eigenvalue weighted by Gasteiger charge is -2.03. The second kappa shape index (κ2) is 2.54. The van der Waals surface area contributed by atoms with Crippen LogP contribution in [0.5, 0.6) is 0 Å². The van der Waals surface area contributed by atoms with Crippen LogP contribution in [0, 0.1) is 6.92 Å². The molecule has 0 bridgehead atoms. The fourth-order valence-electron chi connectivity index (χ4n) is 1.67. The van der Waals surface area contributed by atoms with Crippen molar-refractivity contribution in [3.05, 3.63) is 17.5 Å². The van der Waals surface area contributed by atoms with Gasteiger partial charge in [-0.3, -0.25) is 4.68 Å². The number of nitrogens with zero attached hydrogens (tertiary/aromatic N) is 3. The summed E-state index contributed by atoms with van der Waals surface area (Å²) in [5, 5.41) is 4.31. The van der Waals surface area contributed by atoms with Gasteiger partial charge in [0.05, 0.1) is 5.69 Å². The van der Waals surface area contributed by atoms with E-state index in [1.165, 1.54) is 0 Å². The first-order chi connectivity index (χ1) is 6.18. The maximum atomic E-state index is 10.2. The number of hydrogen-bond acceptors (Lipinski definition) is 3. The summed E-state index contributed by atoms with van der Waals surface area (Å²) in [6, 6.07) is 0. The van der Waals surface area contributed by atoms with E-state index in [2.05, 4.69) is 10.1 Å². The predicted molar refractivity (Wildman–Crippen MR) is 47.0 cm³/mol. The molecule has 4 nitrogen and oxygen atoms in total. The molecule has 0 spiro atoms. The summed E-state index contributed by atoms with van der Waals surface area (Å²) < 4.78 is 1.76. The number of aryl methyl sites for hydroxylation is 2. The molecular weight excluding hydrogens is 166 g/mol. The molecule has 13 heavy (non-hydrogen) atoms. The van der Waals surface area contributed by atoms with Gasteiger partial charge in [-0.2, -0.15) is 10.1 Å². The van der Waals surface area contributed by atoms with E-state index in [-0.39, 0.29) is 5.54 Å². The highest BCUT2D eigenvalue weighted by atomic mass is 16.1. The van der Waals surface area contributed by atoms with Gasteiger partial charge in [0.25, 0.3) is 0 Å². The zero-order valence-corrected chi connectivity index (χ0v) is 7.74. The first kappa shape index (κ1) is 8.20. The molecule has 1 aliphatic rings. The molecule has 4 heteroatoms. The van der Waals surface area contributed by atoms with Crippen molar-refractivity contribution in [2.24, 2.45) is 12.0 Å². The van der Waals surface area contributed by atoms with Crippen molar-refractivity contribution in [1.82, 2.24) is 9.78 Å². The van der Waals surface area contributed by atoms with E-state index in [1.807, 2.05) is 20.2 Å². The molecule has 1 aromatic heterocycles. The van der Waals surface area contributed by atoms with Gasteiger partial charge >= 0.3 is 0 Å². The molecule has 1 saturated carbocycles. The monoisotopic (exact) mass is 177 g/mol. The Morgan fingerprint density at radius 2 is 2.38 bits per heavy atom. The second-order valence-electron chi connectivity index (χ2n) is 3.57. The van der Waals surface area contributed by atoms with Gasteiger partial charge in [0.2, 0.25) is 6.08 Å². The van der Waals surface area contributed by atoms with Crippen LogP contribution in [0.2, 0.25) is 0 Å². The Kier molecular flexibility index (Phi) is 1.60. The normalized spacial score (nSPS) is 18.0. The summed E-state index contributed by atoms with van der Waals surface area (Å²) in [5.41, 5.74) is 1.70. The average molecular weight is 177 g/mol. The van der Waals surface area contributed by atoms with E-state index in [4.69, 9.17) is 0 Å². The van der Waals surface area contributed by atoms with E-state index < -0.39 is 0 Å². The number of hydrogen-bond donors (Lipinski definition) is 0. The molecule has 0 amide bonds. The van der Waals surface area contributed by atoms with Gasteiger partial charge in [-0.05, 0) is 25.3 Å². The minimum absolute atomic E-state index is 0.326.